The molecule has 47 heavy (non-hydrogen) atoms. The molecule has 1 fully saturated rings. The van der Waals surface area contributed by atoms with Crippen molar-refractivity contribution < 1.29 is 0 Å². The maximum atomic E-state index is 5.30. The third-order valence-corrected chi connectivity index (χ3v) is 9.90. The Morgan fingerprint density at radius 3 is 1.98 bits per heavy atom. The number of allylic oxidation sites excluding steroid dienone is 4. The summed E-state index contributed by atoms with van der Waals surface area (Å²) in [7, 11) is 0. The highest BCUT2D eigenvalue weighted by molar-refractivity contribution is 6.09. The molecule has 2 aliphatic rings. The summed E-state index contributed by atoms with van der Waals surface area (Å²) in [5.74, 6) is 0.674. The van der Waals surface area contributed by atoms with Gasteiger partial charge in [0.05, 0.1) is 44.5 Å². The molecule has 10 rings (SSSR count). The maximum absolute atomic E-state index is 5.30. The van der Waals surface area contributed by atoms with Gasteiger partial charge in [0.2, 0.25) is 0 Å². The van der Waals surface area contributed by atoms with Crippen LogP contribution in [0.3, 0.4) is 0 Å². The van der Waals surface area contributed by atoms with Crippen LogP contribution in [0.5, 0.6) is 0 Å². The number of nitrogens with zero attached hydrogens (tertiary/aromatic N) is 4. The van der Waals surface area contributed by atoms with Gasteiger partial charge in [-0.2, -0.15) is 0 Å². The average molecular weight is 605 g/mol. The first-order valence-corrected chi connectivity index (χ1v) is 16.7. The number of hydrogen-bond donors (Lipinski definition) is 0. The van der Waals surface area contributed by atoms with Gasteiger partial charge >= 0.3 is 0 Å². The molecule has 0 radical (unpaired) electrons. The van der Waals surface area contributed by atoms with E-state index in [1.54, 1.807) is 0 Å². The highest BCUT2D eigenvalue weighted by atomic mass is 15.0. The van der Waals surface area contributed by atoms with Gasteiger partial charge < -0.3 is 9.13 Å². The second-order valence-electron chi connectivity index (χ2n) is 12.9. The Kier molecular flexibility index (Phi) is 5.86. The minimum Gasteiger partial charge on any atom is -0.308 e. The molecule has 2 aliphatic carbocycles. The molecule has 0 N–H and O–H groups in total. The summed E-state index contributed by atoms with van der Waals surface area (Å²) in [4.78, 5) is 10.5. The van der Waals surface area contributed by atoms with Crippen LogP contribution in [-0.4, -0.2) is 19.1 Å². The predicted octanol–water partition coefficient (Wildman–Crippen LogP) is 10.9. The van der Waals surface area contributed by atoms with Crippen molar-refractivity contribution in [3.05, 3.63) is 151 Å². The number of aromatic nitrogens is 4. The lowest BCUT2D eigenvalue weighted by Crippen LogP contribution is -1.99. The zero-order valence-electron chi connectivity index (χ0n) is 26.0. The lowest BCUT2D eigenvalue weighted by Gasteiger charge is -2.13. The predicted molar refractivity (Wildman–Crippen MR) is 194 cm³/mol. The molecule has 4 heterocycles. The number of rotatable bonds is 5. The fourth-order valence-corrected chi connectivity index (χ4v) is 7.46. The third kappa shape index (κ3) is 4.29. The van der Waals surface area contributed by atoms with Crippen LogP contribution in [0.2, 0.25) is 0 Å². The molecular weight excluding hydrogens is 573 g/mol. The average Bonchev–Trinajstić information content (AvgIpc) is 3.87. The van der Waals surface area contributed by atoms with Gasteiger partial charge in [-0.3, -0.25) is 0 Å². The van der Waals surface area contributed by atoms with E-state index >= 15 is 0 Å². The summed E-state index contributed by atoms with van der Waals surface area (Å²) in [5, 5.41) is 2.38. The van der Waals surface area contributed by atoms with Crippen molar-refractivity contribution in [3.8, 4) is 22.6 Å². The standard InChI is InChI=1S/C43H32N4/c1-3-10-29(11-4-1)36-21-24-40-42(44-36)34-16-7-8-17-38(34)46(40)32-14-9-15-33(27-32)47-39-23-20-31(28-18-19-28)26-35(39)43-41(47)25-22-37(45-43)30-12-5-2-6-13-30/h2-3,5-17,20-28H,1,4,18-19H2. The molecule has 224 valence electrons. The fourth-order valence-electron chi connectivity index (χ4n) is 7.46. The number of pyridine rings is 2. The van der Waals surface area contributed by atoms with E-state index in [2.05, 4.69) is 149 Å². The summed E-state index contributed by atoms with van der Waals surface area (Å²) in [6, 6.07) is 43.9. The van der Waals surface area contributed by atoms with E-state index in [4.69, 9.17) is 9.97 Å². The van der Waals surface area contributed by atoms with E-state index in [0.29, 0.717) is 5.92 Å². The summed E-state index contributed by atoms with van der Waals surface area (Å²) in [5.41, 5.74) is 14.7. The first kappa shape index (κ1) is 26.5. The van der Waals surface area contributed by atoms with Crippen LogP contribution in [0.15, 0.2) is 140 Å². The number of hydrogen-bond acceptors (Lipinski definition) is 2. The van der Waals surface area contributed by atoms with Crippen LogP contribution < -0.4 is 0 Å². The fraction of sp³-hybridized carbons (Fsp3) is 0.116. The molecule has 4 aromatic carbocycles. The van der Waals surface area contributed by atoms with E-state index in [0.717, 1.165) is 74.1 Å². The van der Waals surface area contributed by atoms with Gasteiger partial charge in [-0.25, -0.2) is 9.97 Å². The lowest BCUT2D eigenvalue weighted by atomic mass is 10.0. The van der Waals surface area contributed by atoms with Crippen molar-refractivity contribution >= 4 is 49.4 Å². The van der Waals surface area contributed by atoms with Crippen LogP contribution in [-0.2, 0) is 0 Å². The Morgan fingerprint density at radius 1 is 0.532 bits per heavy atom. The van der Waals surface area contributed by atoms with Gasteiger partial charge in [0.1, 0.15) is 0 Å². The molecule has 4 nitrogen and oxygen atoms in total. The van der Waals surface area contributed by atoms with Gasteiger partial charge in [-0.1, -0.05) is 78.9 Å². The molecule has 1 saturated carbocycles. The van der Waals surface area contributed by atoms with Gasteiger partial charge in [0.15, 0.2) is 0 Å². The summed E-state index contributed by atoms with van der Waals surface area (Å²) >= 11 is 0. The Bertz CT molecular complexity index is 2580. The van der Waals surface area contributed by atoms with E-state index in [1.165, 1.54) is 34.9 Å². The van der Waals surface area contributed by atoms with Crippen LogP contribution in [0.1, 0.15) is 42.9 Å². The molecule has 0 unspecified atom stereocenters. The van der Waals surface area contributed by atoms with E-state index < -0.39 is 0 Å². The molecule has 0 amide bonds. The van der Waals surface area contributed by atoms with Gasteiger partial charge in [0, 0.05) is 27.7 Å². The molecule has 4 heteroatoms. The normalized spacial score (nSPS) is 14.9. The van der Waals surface area contributed by atoms with Gasteiger partial charge in [0.25, 0.3) is 0 Å². The molecule has 0 aliphatic heterocycles. The molecule has 8 aromatic rings. The zero-order chi connectivity index (χ0) is 30.9. The largest absolute Gasteiger partial charge is 0.308 e. The summed E-state index contributed by atoms with van der Waals surface area (Å²) in [6.45, 7) is 0. The van der Waals surface area contributed by atoms with Crippen molar-refractivity contribution in [2.75, 3.05) is 0 Å². The van der Waals surface area contributed by atoms with E-state index in [1.807, 2.05) is 0 Å². The molecule has 0 atom stereocenters. The minimum absolute atomic E-state index is 0.674. The number of benzene rings is 4. The Morgan fingerprint density at radius 2 is 1.21 bits per heavy atom. The van der Waals surface area contributed by atoms with E-state index in [9.17, 15) is 0 Å². The highest BCUT2D eigenvalue weighted by Crippen LogP contribution is 2.43. The zero-order valence-corrected chi connectivity index (χ0v) is 26.0. The summed E-state index contributed by atoms with van der Waals surface area (Å²) in [6.07, 6.45) is 11.5. The Balaban J connectivity index is 1.18. The van der Waals surface area contributed by atoms with Crippen molar-refractivity contribution in [1.82, 2.24) is 19.1 Å². The lowest BCUT2D eigenvalue weighted by molar-refractivity contribution is 1.04. The number of para-hydroxylation sites is 1. The molecule has 0 bridgehead atoms. The first-order valence-electron chi connectivity index (χ1n) is 16.7. The van der Waals surface area contributed by atoms with Crippen molar-refractivity contribution in [2.45, 2.75) is 31.6 Å². The molecule has 4 aromatic heterocycles. The second-order valence-corrected chi connectivity index (χ2v) is 12.9. The van der Waals surface area contributed by atoms with Crippen molar-refractivity contribution in [3.63, 3.8) is 0 Å². The Labute approximate surface area is 273 Å². The highest BCUT2D eigenvalue weighted by Gasteiger charge is 2.25. The molecule has 0 spiro atoms. The second kappa shape index (κ2) is 10.4. The Hall–Kier alpha value is -5.74. The quantitative estimate of drug-likeness (QED) is 0.196. The van der Waals surface area contributed by atoms with E-state index in [-0.39, 0.29) is 0 Å². The summed E-state index contributed by atoms with van der Waals surface area (Å²) < 4.78 is 4.75. The van der Waals surface area contributed by atoms with Gasteiger partial charge in [-0.05, 0) is 103 Å². The molecular formula is C43H32N4. The van der Waals surface area contributed by atoms with Crippen LogP contribution in [0, 0.1) is 0 Å². The maximum Gasteiger partial charge on any atom is 0.0971 e. The third-order valence-electron chi connectivity index (χ3n) is 9.90. The first-order chi connectivity index (χ1) is 23.3. The molecule has 0 saturated heterocycles. The van der Waals surface area contributed by atoms with Crippen molar-refractivity contribution in [1.29, 1.82) is 0 Å². The SMILES string of the molecule is C1=CC(c2ccc3c(n2)c2ccccc2n3-c2cccc(-n3c4ccc(C5CC5)cc4c4nc(-c5ccccc5)ccc43)c2)=CCC1. The van der Waals surface area contributed by atoms with Crippen molar-refractivity contribution in [2.24, 2.45) is 0 Å². The minimum atomic E-state index is 0.674. The topological polar surface area (TPSA) is 35.6 Å². The van der Waals surface area contributed by atoms with Crippen LogP contribution >= 0.6 is 0 Å². The smallest absolute Gasteiger partial charge is 0.0971 e. The van der Waals surface area contributed by atoms with Crippen LogP contribution in [0.4, 0.5) is 0 Å². The number of fused-ring (bicyclic) bond motifs is 6. The monoisotopic (exact) mass is 604 g/mol. The van der Waals surface area contributed by atoms with Gasteiger partial charge in [-0.15, -0.1) is 0 Å². The van der Waals surface area contributed by atoms with Crippen LogP contribution in [0.25, 0.3) is 72.1 Å².